The Morgan fingerprint density at radius 2 is 1.88 bits per heavy atom. The zero-order valence-corrected chi connectivity index (χ0v) is 15.2. The molecule has 5 heteroatoms. The molecule has 132 valence electrons. The summed E-state index contributed by atoms with van der Waals surface area (Å²) in [4.78, 5) is 15.4. The number of rotatable bonds is 4. The van der Waals surface area contributed by atoms with Crippen molar-refractivity contribution in [2.75, 3.05) is 24.7 Å². The van der Waals surface area contributed by atoms with Crippen molar-refractivity contribution in [1.82, 2.24) is 4.90 Å². The third kappa shape index (κ3) is 4.55. The fourth-order valence-corrected chi connectivity index (χ4v) is 3.70. The highest BCUT2D eigenvalue weighted by Gasteiger charge is 2.28. The summed E-state index contributed by atoms with van der Waals surface area (Å²) in [7, 11) is 0. The van der Waals surface area contributed by atoms with E-state index in [1.54, 1.807) is 11.8 Å². The molecule has 1 aliphatic rings. The van der Waals surface area contributed by atoms with E-state index in [4.69, 9.17) is 0 Å². The molecule has 2 amide bonds. The average Bonchev–Trinajstić information content (AvgIpc) is 2.68. The number of likely N-dealkylation sites (tertiary alicyclic amines) is 1. The van der Waals surface area contributed by atoms with Gasteiger partial charge in [0.15, 0.2) is 0 Å². The van der Waals surface area contributed by atoms with Crippen LogP contribution in [0, 0.1) is 5.92 Å². The molecular formula is C20H24N2O2S. The maximum atomic E-state index is 12.5. The lowest BCUT2D eigenvalue weighted by atomic mass is 9.87. The molecule has 1 fully saturated rings. The van der Waals surface area contributed by atoms with Crippen LogP contribution in [0.3, 0.4) is 0 Å². The molecule has 4 nitrogen and oxygen atoms in total. The predicted octanol–water partition coefficient (Wildman–Crippen LogP) is 4.39. The molecule has 1 heterocycles. The highest BCUT2D eigenvalue weighted by Crippen LogP contribution is 2.30. The Kier molecular flexibility index (Phi) is 6.00. The number of anilines is 1. The first-order chi connectivity index (χ1) is 12.2. The third-order valence-electron chi connectivity index (χ3n) is 4.74. The van der Waals surface area contributed by atoms with Gasteiger partial charge in [-0.1, -0.05) is 36.4 Å². The van der Waals surface area contributed by atoms with E-state index >= 15 is 0 Å². The van der Waals surface area contributed by atoms with Crippen molar-refractivity contribution in [2.24, 2.45) is 5.92 Å². The smallest absolute Gasteiger partial charge is 0.321 e. The maximum Gasteiger partial charge on any atom is 0.321 e. The van der Waals surface area contributed by atoms with E-state index in [1.807, 2.05) is 65.8 Å². The van der Waals surface area contributed by atoms with E-state index < -0.39 is 6.10 Å². The number of urea groups is 1. The summed E-state index contributed by atoms with van der Waals surface area (Å²) in [6.45, 7) is 1.34. The van der Waals surface area contributed by atoms with E-state index in [0.717, 1.165) is 29.0 Å². The van der Waals surface area contributed by atoms with Crippen LogP contribution in [-0.2, 0) is 0 Å². The predicted molar refractivity (Wildman–Crippen MR) is 103 cm³/mol. The summed E-state index contributed by atoms with van der Waals surface area (Å²) < 4.78 is 0. The number of carbonyl (C=O) groups excluding carboxylic acids is 1. The summed E-state index contributed by atoms with van der Waals surface area (Å²) in [5, 5.41) is 13.5. The number of nitrogens with one attached hydrogen (secondary N) is 1. The Morgan fingerprint density at radius 1 is 1.16 bits per heavy atom. The fourth-order valence-electron chi connectivity index (χ4n) is 3.24. The molecule has 0 radical (unpaired) electrons. The maximum absolute atomic E-state index is 12.5. The molecule has 0 aliphatic carbocycles. The van der Waals surface area contributed by atoms with Crippen molar-refractivity contribution in [3.05, 3.63) is 60.2 Å². The number of aliphatic hydroxyl groups is 1. The zero-order chi connectivity index (χ0) is 17.6. The van der Waals surface area contributed by atoms with Crippen molar-refractivity contribution >= 4 is 23.5 Å². The minimum atomic E-state index is -0.454. The summed E-state index contributed by atoms with van der Waals surface area (Å²) in [6.07, 6.45) is 3.19. The number of carbonyl (C=O) groups is 1. The van der Waals surface area contributed by atoms with Crippen molar-refractivity contribution < 1.29 is 9.90 Å². The van der Waals surface area contributed by atoms with Gasteiger partial charge in [-0.05, 0) is 48.8 Å². The number of thioether (sulfide) groups is 1. The normalized spacial score (nSPS) is 16.5. The van der Waals surface area contributed by atoms with Gasteiger partial charge in [0.1, 0.15) is 0 Å². The van der Waals surface area contributed by atoms with Gasteiger partial charge in [0.05, 0.1) is 6.10 Å². The van der Waals surface area contributed by atoms with Crippen LogP contribution >= 0.6 is 11.8 Å². The van der Waals surface area contributed by atoms with E-state index in [-0.39, 0.29) is 11.9 Å². The molecule has 0 aromatic heterocycles. The first kappa shape index (κ1) is 17.8. The summed E-state index contributed by atoms with van der Waals surface area (Å²) in [5.74, 6) is 0.200. The number of amides is 2. The quantitative estimate of drug-likeness (QED) is 0.799. The second kappa shape index (κ2) is 8.41. The highest BCUT2D eigenvalue weighted by atomic mass is 32.2. The first-order valence-corrected chi connectivity index (χ1v) is 9.83. The van der Waals surface area contributed by atoms with E-state index in [0.29, 0.717) is 13.1 Å². The Balaban J connectivity index is 1.54. The average molecular weight is 356 g/mol. The number of nitrogens with zero attached hydrogens (tertiary/aromatic N) is 1. The number of hydrogen-bond acceptors (Lipinski definition) is 3. The van der Waals surface area contributed by atoms with Gasteiger partial charge < -0.3 is 15.3 Å². The van der Waals surface area contributed by atoms with Gasteiger partial charge in [-0.15, -0.1) is 11.8 Å². The van der Waals surface area contributed by atoms with Crippen LogP contribution in [0.5, 0.6) is 0 Å². The second-order valence-electron chi connectivity index (χ2n) is 6.34. The molecule has 0 spiro atoms. The topological polar surface area (TPSA) is 52.6 Å². The molecule has 0 bridgehead atoms. The molecule has 25 heavy (non-hydrogen) atoms. The van der Waals surface area contributed by atoms with Crippen LogP contribution in [0.1, 0.15) is 24.5 Å². The monoisotopic (exact) mass is 356 g/mol. The zero-order valence-electron chi connectivity index (χ0n) is 14.4. The Labute approximate surface area is 153 Å². The fraction of sp³-hybridized carbons (Fsp3) is 0.350. The van der Waals surface area contributed by atoms with Crippen LogP contribution in [0.15, 0.2) is 59.5 Å². The summed E-state index contributed by atoms with van der Waals surface area (Å²) in [6, 6.07) is 17.6. The van der Waals surface area contributed by atoms with E-state index in [2.05, 4.69) is 5.32 Å². The van der Waals surface area contributed by atoms with Gasteiger partial charge in [0.2, 0.25) is 0 Å². The number of aliphatic hydroxyl groups excluding tert-OH is 1. The molecule has 2 N–H and O–H groups in total. The molecule has 1 saturated heterocycles. The van der Waals surface area contributed by atoms with Crippen LogP contribution < -0.4 is 5.32 Å². The SMILES string of the molecule is CSc1cccc(NC(=O)N2CCC(C(O)c3ccccc3)CC2)c1. The highest BCUT2D eigenvalue weighted by molar-refractivity contribution is 7.98. The lowest BCUT2D eigenvalue weighted by Gasteiger charge is -2.34. The number of piperidine rings is 1. The van der Waals surface area contributed by atoms with Gasteiger partial charge in [0.25, 0.3) is 0 Å². The molecule has 1 unspecified atom stereocenters. The molecule has 3 rings (SSSR count). The number of benzene rings is 2. The van der Waals surface area contributed by atoms with Gasteiger partial charge in [0, 0.05) is 23.7 Å². The van der Waals surface area contributed by atoms with Crippen LogP contribution in [0.25, 0.3) is 0 Å². The Hall–Kier alpha value is -1.98. The molecule has 1 aliphatic heterocycles. The minimum absolute atomic E-state index is 0.0640. The number of hydrogen-bond donors (Lipinski definition) is 2. The molecular weight excluding hydrogens is 332 g/mol. The van der Waals surface area contributed by atoms with E-state index in [1.165, 1.54) is 0 Å². The van der Waals surface area contributed by atoms with Crippen LogP contribution in [0.2, 0.25) is 0 Å². The second-order valence-corrected chi connectivity index (χ2v) is 7.22. The lowest BCUT2D eigenvalue weighted by molar-refractivity contribution is 0.0683. The Morgan fingerprint density at radius 3 is 2.56 bits per heavy atom. The van der Waals surface area contributed by atoms with E-state index in [9.17, 15) is 9.90 Å². The van der Waals surface area contributed by atoms with Crippen molar-refractivity contribution in [1.29, 1.82) is 0 Å². The molecule has 1 atom stereocenters. The first-order valence-electron chi connectivity index (χ1n) is 8.60. The summed E-state index contributed by atoms with van der Waals surface area (Å²) >= 11 is 1.65. The molecule has 2 aromatic rings. The van der Waals surface area contributed by atoms with Crippen molar-refractivity contribution in [2.45, 2.75) is 23.8 Å². The van der Waals surface area contributed by atoms with Crippen LogP contribution in [0.4, 0.5) is 10.5 Å². The Bertz CT molecular complexity index is 700. The third-order valence-corrected chi connectivity index (χ3v) is 5.46. The summed E-state index contributed by atoms with van der Waals surface area (Å²) in [5.41, 5.74) is 1.78. The van der Waals surface area contributed by atoms with Gasteiger partial charge in [-0.2, -0.15) is 0 Å². The molecule has 2 aromatic carbocycles. The standard InChI is InChI=1S/C20H24N2O2S/c1-25-18-9-5-8-17(14-18)21-20(24)22-12-10-16(11-13-22)19(23)15-6-3-2-4-7-15/h2-9,14,16,19,23H,10-13H2,1H3,(H,21,24). The van der Waals surface area contributed by atoms with Crippen molar-refractivity contribution in [3.8, 4) is 0 Å². The molecule has 0 saturated carbocycles. The lowest BCUT2D eigenvalue weighted by Crippen LogP contribution is -2.42. The van der Waals surface area contributed by atoms with Gasteiger partial charge in [-0.3, -0.25) is 0 Å². The van der Waals surface area contributed by atoms with Crippen LogP contribution in [-0.4, -0.2) is 35.4 Å². The van der Waals surface area contributed by atoms with Crippen molar-refractivity contribution in [3.63, 3.8) is 0 Å². The van der Waals surface area contributed by atoms with Gasteiger partial charge >= 0.3 is 6.03 Å². The van der Waals surface area contributed by atoms with Gasteiger partial charge in [-0.25, -0.2) is 4.79 Å². The largest absolute Gasteiger partial charge is 0.388 e. The minimum Gasteiger partial charge on any atom is -0.388 e.